The van der Waals surface area contributed by atoms with E-state index in [0.717, 1.165) is 70.6 Å². The van der Waals surface area contributed by atoms with E-state index in [1.54, 1.807) is 11.1 Å². The number of fused-ring (bicyclic) bond motifs is 10. The molecule has 14 aliphatic rings. The molecule has 6 heterocycles. The van der Waals surface area contributed by atoms with Crippen LogP contribution in [0.3, 0.4) is 0 Å². The predicted molar refractivity (Wildman–Crippen MR) is 265 cm³/mol. The van der Waals surface area contributed by atoms with Crippen LogP contribution in [0.2, 0.25) is 0 Å². The van der Waals surface area contributed by atoms with E-state index in [9.17, 15) is 28.3 Å². The van der Waals surface area contributed by atoms with Crippen molar-refractivity contribution in [2.45, 2.75) is 233 Å². The van der Waals surface area contributed by atoms with Gasteiger partial charge >= 0.3 is 10.4 Å². The lowest BCUT2D eigenvalue weighted by atomic mass is 9.42. The van der Waals surface area contributed by atoms with Gasteiger partial charge in [0.05, 0.1) is 42.7 Å². The molecule has 11 nitrogen and oxygen atoms in total. The fourth-order valence-electron chi connectivity index (χ4n) is 21.4. The van der Waals surface area contributed by atoms with Crippen LogP contribution in [0.25, 0.3) is 0 Å². The monoisotopic (exact) mass is 993 g/mol. The first-order valence-electron chi connectivity index (χ1n) is 28.1. The van der Waals surface area contributed by atoms with Crippen molar-refractivity contribution in [1.82, 2.24) is 0 Å². The van der Waals surface area contributed by atoms with Crippen molar-refractivity contribution in [3.63, 3.8) is 0 Å². The zero-order valence-electron chi connectivity index (χ0n) is 44.5. The molecule has 0 aromatic carbocycles. The molecule has 0 radical (unpaired) electrons. The van der Waals surface area contributed by atoms with E-state index in [4.69, 9.17) is 23.1 Å². The van der Waals surface area contributed by atoms with Crippen molar-refractivity contribution in [2.75, 3.05) is 13.2 Å². The lowest BCUT2D eigenvalue weighted by molar-refractivity contribution is -0.408. The Bertz CT molecular complexity index is 2410. The number of allylic oxidation sites excluding steroid dienone is 2. The maximum absolute atomic E-state index is 12.6. The van der Waals surface area contributed by atoms with Gasteiger partial charge in [-0.05, 0) is 176 Å². The lowest BCUT2D eigenvalue weighted by Gasteiger charge is -2.69. The second-order valence-electron chi connectivity index (χ2n) is 28.7. The fourth-order valence-corrected chi connectivity index (χ4v) is 21.9. The van der Waals surface area contributed by atoms with Crippen LogP contribution < -0.4 is 0 Å². The van der Waals surface area contributed by atoms with Gasteiger partial charge in [-0.1, -0.05) is 89.3 Å². The second-order valence-corrected chi connectivity index (χ2v) is 29.7. The summed E-state index contributed by atoms with van der Waals surface area (Å²) in [6, 6.07) is 0. The largest absolute Gasteiger partial charge is 0.397 e. The van der Waals surface area contributed by atoms with E-state index < -0.39 is 50.9 Å². The lowest BCUT2D eigenvalue weighted by Crippen LogP contribution is -2.76. The summed E-state index contributed by atoms with van der Waals surface area (Å²) in [5.74, 6) is -0.282. The standard InChI is InChI=1S/C58H88O11S/c1-32(37-14-16-39-35-13-18-45-49(3,4)57(60)25-24-55(45,30-65-57)41(35)20-22-52(37,39)9)12-19-47-54(11)28-34(51(7,8)69-54)26-43(67-47)33(2)38-15-17-40-36-27-44(68-70(62,63)64)48-50(5,6)58(61)46(59)29-56(48,31-66-58)42(36)21-23-53(38,40)10/h18,32-34,37-40,43-44,46-48,59-61H,12-17,19-31H2,1-11H3,(H,62,63,64)/t32-,33+,34-,37-,38-,39?,40?,43-,44+,46+,47+,48?,52-,53-,54-,55+,56+,57+,58+/m1/s1. The second kappa shape index (κ2) is 15.3. The topological polar surface area (TPSA) is 161 Å². The average molecular weight is 993 g/mol. The summed E-state index contributed by atoms with van der Waals surface area (Å²) in [6.45, 7) is 26.0. The van der Waals surface area contributed by atoms with Gasteiger partial charge in [-0.25, -0.2) is 4.18 Å². The quantitative estimate of drug-likeness (QED) is 0.135. The van der Waals surface area contributed by atoms with E-state index >= 15 is 0 Å². The van der Waals surface area contributed by atoms with Crippen LogP contribution in [0.5, 0.6) is 0 Å². The van der Waals surface area contributed by atoms with E-state index in [1.165, 1.54) is 36.0 Å². The molecule has 6 bridgehead atoms. The summed E-state index contributed by atoms with van der Waals surface area (Å²) >= 11 is 0. The molecular weight excluding hydrogens is 905 g/mol. The number of hydrogen-bond donors (Lipinski definition) is 4. The highest BCUT2D eigenvalue weighted by molar-refractivity contribution is 7.80. The van der Waals surface area contributed by atoms with Crippen LogP contribution in [-0.2, 0) is 33.5 Å². The molecule has 14 rings (SSSR count). The molecule has 4 N–H and O–H groups in total. The van der Waals surface area contributed by atoms with Gasteiger partial charge in [-0.2, -0.15) is 8.42 Å². The van der Waals surface area contributed by atoms with E-state index in [1.807, 2.05) is 13.8 Å². The number of hydrogen-bond acceptors (Lipinski definition) is 10. The van der Waals surface area contributed by atoms with Crippen molar-refractivity contribution < 1.29 is 51.4 Å². The first-order chi connectivity index (χ1) is 32.5. The van der Waals surface area contributed by atoms with Gasteiger partial charge in [-0.3, -0.25) is 4.55 Å². The molecule has 392 valence electrons. The molecule has 4 saturated carbocycles. The van der Waals surface area contributed by atoms with Crippen molar-refractivity contribution in [3.8, 4) is 0 Å². The maximum Gasteiger partial charge on any atom is 0.397 e. The first kappa shape index (κ1) is 49.7. The summed E-state index contributed by atoms with van der Waals surface area (Å²) in [7, 11) is -4.81. The highest BCUT2D eigenvalue weighted by Crippen LogP contribution is 2.74. The van der Waals surface area contributed by atoms with Crippen LogP contribution in [0.15, 0.2) is 33.9 Å². The summed E-state index contributed by atoms with van der Waals surface area (Å²) in [5, 5.41) is 34.8. The maximum atomic E-state index is 12.6. The van der Waals surface area contributed by atoms with E-state index in [2.05, 4.69) is 68.4 Å². The molecule has 0 aromatic rings. The third-order valence-corrected chi connectivity index (χ3v) is 25.4. The molecule has 19 atom stereocenters. The zero-order valence-corrected chi connectivity index (χ0v) is 45.3. The molecule has 2 spiro atoms. The van der Waals surface area contributed by atoms with Crippen molar-refractivity contribution in [3.05, 3.63) is 33.9 Å². The zero-order chi connectivity index (χ0) is 50.0. The smallest absolute Gasteiger partial charge is 0.387 e. The Hall–Kier alpha value is -1.19. The minimum absolute atomic E-state index is 0.00938. The number of aliphatic hydroxyl groups is 3. The van der Waals surface area contributed by atoms with Gasteiger partial charge in [0, 0.05) is 34.0 Å². The van der Waals surface area contributed by atoms with Gasteiger partial charge in [0.1, 0.15) is 6.10 Å². The Morgan fingerprint density at radius 3 is 2.16 bits per heavy atom. The molecule has 10 fully saturated rings. The fraction of sp³-hybridized carbons (Fsp3) is 0.897. The number of aliphatic hydroxyl groups excluding tert-OH is 1. The molecule has 12 heteroatoms. The summed E-state index contributed by atoms with van der Waals surface area (Å²) in [4.78, 5) is 0. The summed E-state index contributed by atoms with van der Waals surface area (Å²) in [6.07, 6.45) is 16.8. The highest BCUT2D eigenvalue weighted by atomic mass is 32.3. The van der Waals surface area contributed by atoms with E-state index in [0.29, 0.717) is 55.0 Å². The van der Waals surface area contributed by atoms with Crippen molar-refractivity contribution in [2.24, 2.45) is 79.8 Å². The number of ether oxygens (including phenoxy) is 4. The molecule has 8 aliphatic carbocycles. The Kier molecular flexibility index (Phi) is 10.8. The van der Waals surface area contributed by atoms with E-state index in [-0.39, 0.29) is 64.0 Å². The minimum Gasteiger partial charge on any atom is -0.387 e. The number of rotatable bonds is 8. The van der Waals surface area contributed by atoms with Crippen LogP contribution in [-0.4, -0.2) is 88.7 Å². The third kappa shape index (κ3) is 6.39. The first-order valence-corrected chi connectivity index (χ1v) is 29.4. The summed E-state index contributed by atoms with van der Waals surface area (Å²) < 4.78 is 68.4. The molecule has 0 amide bonds. The molecule has 0 aromatic heterocycles. The minimum atomic E-state index is -4.81. The normalized spacial score (nSPS) is 52.2. The molecule has 3 unspecified atom stereocenters. The Morgan fingerprint density at radius 2 is 1.49 bits per heavy atom. The van der Waals surface area contributed by atoms with Crippen LogP contribution in [0.1, 0.15) is 185 Å². The van der Waals surface area contributed by atoms with Crippen LogP contribution in [0, 0.1) is 79.8 Å². The molecule has 70 heavy (non-hydrogen) atoms. The Balaban J connectivity index is 0.782. The van der Waals surface area contributed by atoms with Gasteiger partial charge in [-0.15, -0.1) is 0 Å². The van der Waals surface area contributed by atoms with Gasteiger partial charge in [0.15, 0.2) is 11.6 Å². The molecule has 6 saturated heterocycles. The average Bonchev–Trinajstić information content (AvgIpc) is 3.85. The van der Waals surface area contributed by atoms with Crippen molar-refractivity contribution >= 4 is 10.4 Å². The van der Waals surface area contributed by atoms with Gasteiger partial charge < -0.3 is 34.3 Å². The molecular formula is C58H88O11S. The SMILES string of the molecule is C[C@@H]([C@H]1CCC2C3=C(CC[C@@]21C)[C@@]12CO[C@@](O)([C@@H](O)C1)C(C)(C)C2[C@@H](OS(=O)(=O)O)C3)[C@H]1C[C@@H]2C[C@@](C)(OC2(C)C)[C@H](CC[C@@H](C)[C@H]2CCC3C4=C(CC[C@@]32C)[C@]23CC[C@](O)(OC2)C(C)(C)C3=CC4)O1. The van der Waals surface area contributed by atoms with Gasteiger partial charge in [0.25, 0.3) is 0 Å². The highest BCUT2D eigenvalue weighted by Gasteiger charge is 2.75. The third-order valence-electron chi connectivity index (χ3n) is 24.9. The van der Waals surface area contributed by atoms with Gasteiger partial charge in [0.2, 0.25) is 0 Å². The predicted octanol–water partition coefficient (Wildman–Crippen LogP) is 10.6. The van der Waals surface area contributed by atoms with Crippen molar-refractivity contribution in [1.29, 1.82) is 0 Å². The van der Waals surface area contributed by atoms with Crippen LogP contribution >= 0.6 is 0 Å². The Labute approximate surface area is 419 Å². The van der Waals surface area contributed by atoms with Crippen LogP contribution in [0.4, 0.5) is 0 Å². The Morgan fingerprint density at radius 1 is 0.814 bits per heavy atom. The summed E-state index contributed by atoms with van der Waals surface area (Å²) in [5.41, 5.74) is 4.81. The molecule has 6 aliphatic heterocycles.